The zero-order valence-electron chi connectivity index (χ0n) is 0.302. The van der Waals surface area contributed by atoms with Crippen LogP contribution in [0.2, 0.25) is 0 Å². The molecule has 0 fully saturated rings. The molecule has 0 aromatic heterocycles. The first-order chi connectivity index (χ1) is 0. The Morgan fingerprint density at radius 1 is 0.800 bits per heavy atom. The van der Waals surface area contributed by atoms with Gasteiger partial charge in [-0.2, -0.15) is 0 Å². The van der Waals surface area contributed by atoms with E-state index in [0.717, 1.165) is 0 Å². The quantitative estimate of drug-likeness (QED) is 0.330. The Balaban J connectivity index is 0. The van der Waals surface area contributed by atoms with Gasteiger partial charge in [-0.1, -0.05) is 0 Å². The molecule has 0 aliphatic heterocycles. The third-order valence-corrected chi connectivity index (χ3v) is 0. The van der Waals surface area contributed by atoms with Crippen molar-refractivity contribution >= 4 is 68.7 Å². The monoisotopic (exact) mass is 181 g/mol. The number of hydrogen-bond acceptors (Lipinski definition) is 0. The maximum absolute atomic E-state index is 0. The molecule has 0 aliphatic rings. The molecule has 0 aromatic carbocycles. The van der Waals surface area contributed by atoms with E-state index in [1.54, 1.807) is 0 Å². The first-order valence-electron chi connectivity index (χ1n) is 0. The minimum atomic E-state index is 0. The molecular weight excluding hydrogens is 170 g/mol. The SMILES string of the molecule is [AlH3].[AlH3].[Cu].[MgH2].[SiH4]. The van der Waals surface area contributed by atoms with Crippen molar-refractivity contribution in [3.8, 4) is 0 Å². The maximum atomic E-state index is 0. The van der Waals surface area contributed by atoms with Crippen LogP contribution in [0, 0.1) is 0 Å². The van der Waals surface area contributed by atoms with Gasteiger partial charge in [0.15, 0.2) is 34.7 Å². The second-order valence-corrected chi connectivity index (χ2v) is 0. The van der Waals surface area contributed by atoms with Crippen LogP contribution < -0.4 is 0 Å². The molecule has 0 bridgehead atoms. The van der Waals surface area contributed by atoms with Gasteiger partial charge >= 0.3 is 23.1 Å². The van der Waals surface area contributed by atoms with Crippen molar-refractivity contribution in [3.05, 3.63) is 0 Å². The average molecular weight is 182 g/mol. The maximum Gasteiger partial charge on any atom is 0.316 e. The van der Waals surface area contributed by atoms with Crippen LogP contribution in [-0.4, -0.2) is 68.7 Å². The summed E-state index contributed by atoms with van der Waals surface area (Å²) in [6.07, 6.45) is 0. The van der Waals surface area contributed by atoms with E-state index in [2.05, 4.69) is 0 Å². The van der Waals surface area contributed by atoms with Crippen molar-refractivity contribution in [1.29, 1.82) is 0 Å². The van der Waals surface area contributed by atoms with Crippen molar-refractivity contribution in [2.45, 2.75) is 0 Å². The summed E-state index contributed by atoms with van der Waals surface area (Å²) < 4.78 is 0. The van der Waals surface area contributed by atoms with Gasteiger partial charge in [0.2, 0.25) is 0 Å². The molecule has 5 heavy (non-hydrogen) atoms. The van der Waals surface area contributed by atoms with Crippen molar-refractivity contribution in [3.63, 3.8) is 0 Å². The molecule has 0 rings (SSSR count). The summed E-state index contributed by atoms with van der Waals surface area (Å²) in [6, 6.07) is 0. The molecule has 0 amide bonds. The summed E-state index contributed by atoms with van der Waals surface area (Å²) >= 11 is 0. The van der Waals surface area contributed by atoms with Gasteiger partial charge < -0.3 is 0 Å². The zero-order chi connectivity index (χ0) is 0. The molecule has 0 N–H and O–H groups in total. The molecule has 0 unspecified atom stereocenters. The normalized spacial score (nSPS) is 0. The topological polar surface area (TPSA) is 0 Å². The van der Waals surface area contributed by atoms with Gasteiger partial charge in [0.05, 0.1) is 0 Å². The van der Waals surface area contributed by atoms with Crippen LogP contribution in [0.4, 0.5) is 0 Å². The van der Waals surface area contributed by atoms with Crippen LogP contribution in [0.5, 0.6) is 0 Å². The second-order valence-electron chi connectivity index (χ2n) is 0. The second kappa shape index (κ2) is 30.9. The molecule has 1 radical (unpaired) electrons. The third-order valence-electron chi connectivity index (χ3n) is 0. The van der Waals surface area contributed by atoms with Gasteiger partial charge in [-0.3, -0.25) is 0 Å². The van der Waals surface area contributed by atoms with E-state index in [9.17, 15) is 0 Å². The van der Waals surface area contributed by atoms with E-state index in [1.165, 1.54) is 0 Å². The molecule has 0 atom stereocenters. The van der Waals surface area contributed by atoms with Gasteiger partial charge in [-0.15, -0.1) is 0 Å². The van der Waals surface area contributed by atoms with Crippen LogP contribution >= 0.6 is 0 Å². The Labute approximate surface area is 84.8 Å². The molecule has 0 aliphatic carbocycles. The Kier molecular flexibility index (Phi) is 306. The Morgan fingerprint density at radius 3 is 0.800 bits per heavy atom. The Bertz CT molecular complexity index is 9.61. The standard InChI is InChI=1S/2Al.Cu.Mg.H4Si.8H/h;;;;1H4;;;;;;;;. The van der Waals surface area contributed by atoms with E-state index in [-0.39, 0.29) is 85.8 Å². The van der Waals surface area contributed by atoms with E-state index in [1.807, 2.05) is 0 Å². The van der Waals surface area contributed by atoms with Gasteiger partial charge in [0, 0.05) is 17.1 Å². The summed E-state index contributed by atoms with van der Waals surface area (Å²) in [7, 11) is 0. The first kappa shape index (κ1) is 49.5. The van der Waals surface area contributed by atoms with E-state index >= 15 is 0 Å². The molecular formula is H12Al2CuMgSi. The summed E-state index contributed by atoms with van der Waals surface area (Å²) in [5, 5.41) is 0. The molecule has 5 heteroatoms. The van der Waals surface area contributed by atoms with Crippen LogP contribution in [0.25, 0.3) is 0 Å². The van der Waals surface area contributed by atoms with E-state index in [4.69, 9.17) is 0 Å². The van der Waals surface area contributed by atoms with Crippen molar-refractivity contribution in [1.82, 2.24) is 0 Å². The molecule has 0 aromatic rings. The minimum absolute atomic E-state index is 0. The number of hydrogen-bond donors (Lipinski definition) is 0. The van der Waals surface area contributed by atoms with E-state index < -0.39 is 0 Å². The predicted molar refractivity (Wildman–Crippen MR) is 39.8 cm³/mol. The van der Waals surface area contributed by atoms with Gasteiger partial charge in [-0.25, -0.2) is 0 Å². The number of rotatable bonds is 0. The molecule has 0 saturated carbocycles. The fourth-order valence-electron chi connectivity index (χ4n) is 0. The first-order valence-corrected chi connectivity index (χ1v) is 0. The van der Waals surface area contributed by atoms with Gasteiger partial charge in [0.1, 0.15) is 0 Å². The average Bonchev–Trinajstić information content (AvgIpc) is 0. The summed E-state index contributed by atoms with van der Waals surface area (Å²) in [4.78, 5) is 0. The van der Waals surface area contributed by atoms with Crippen molar-refractivity contribution in [2.24, 2.45) is 0 Å². The van der Waals surface area contributed by atoms with Crippen molar-refractivity contribution in [2.75, 3.05) is 0 Å². The summed E-state index contributed by atoms with van der Waals surface area (Å²) in [6.45, 7) is 0. The summed E-state index contributed by atoms with van der Waals surface area (Å²) in [5.41, 5.74) is 0. The van der Waals surface area contributed by atoms with Gasteiger partial charge in [0.25, 0.3) is 0 Å². The molecule has 0 heterocycles. The molecule has 0 saturated heterocycles. The molecule has 0 nitrogen and oxygen atoms in total. The van der Waals surface area contributed by atoms with Crippen LogP contribution in [0.15, 0.2) is 0 Å². The van der Waals surface area contributed by atoms with Gasteiger partial charge in [-0.05, 0) is 11.0 Å². The zero-order valence-corrected chi connectivity index (χ0v) is 1.24. The summed E-state index contributed by atoms with van der Waals surface area (Å²) in [5.74, 6) is 0. The smallest absolute Gasteiger partial charge is 0.0149 e. The minimum Gasteiger partial charge on any atom is -0.0149 e. The third kappa shape index (κ3) is 20.8. The Morgan fingerprint density at radius 2 is 0.800 bits per heavy atom. The predicted octanol–water partition coefficient (Wildman–Crippen LogP) is -4.74. The fourth-order valence-corrected chi connectivity index (χ4v) is 0. The van der Waals surface area contributed by atoms with E-state index in [0.29, 0.717) is 0 Å². The van der Waals surface area contributed by atoms with Crippen LogP contribution in [-0.2, 0) is 17.1 Å². The molecule has 0 spiro atoms. The molecule has 35 valence electrons. The largest absolute Gasteiger partial charge is 0.316 e. The van der Waals surface area contributed by atoms with Crippen LogP contribution in [0.1, 0.15) is 0 Å². The Hall–Kier alpha value is 2.57. The van der Waals surface area contributed by atoms with Crippen LogP contribution in [0.3, 0.4) is 0 Å². The van der Waals surface area contributed by atoms with Crippen molar-refractivity contribution < 1.29 is 17.1 Å². The fraction of sp³-hybridized carbons (Fsp3) is 0.